The molecule has 1 saturated heterocycles. The molecule has 0 aromatic carbocycles. The molecule has 2 N–H and O–H groups in total. The Balaban J connectivity index is 2.80. The fourth-order valence-electron chi connectivity index (χ4n) is 2.29. The Morgan fingerprint density at radius 2 is 1.71 bits per heavy atom. The van der Waals surface area contributed by atoms with Crippen molar-refractivity contribution in [2.24, 2.45) is 0 Å². The molecule has 7 nitrogen and oxygen atoms in total. The lowest BCUT2D eigenvalue weighted by Crippen LogP contribution is -2.64. The van der Waals surface area contributed by atoms with Crippen LogP contribution in [-0.2, 0) is 14.3 Å². The van der Waals surface area contributed by atoms with Crippen LogP contribution in [-0.4, -0.2) is 65.6 Å². The van der Waals surface area contributed by atoms with E-state index in [1.165, 1.54) is 0 Å². The Morgan fingerprint density at radius 3 is 2.14 bits per heavy atom. The van der Waals surface area contributed by atoms with Crippen LogP contribution in [0.25, 0.3) is 0 Å². The van der Waals surface area contributed by atoms with Gasteiger partial charge >= 0.3 is 12.1 Å². The summed E-state index contributed by atoms with van der Waals surface area (Å²) in [4.78, 5) is 25.4. The molecule has 7 heteroatoms. The summed E-state index contributed by atoms with van der Waals surface area (Å²) in [6.07, 6.45) is -0.726. The van der Waals surface area contributed by atoms with Crippen molar-refractivity contribution < 1.29 is 24.2 Å². The topological polar surface area (TPSA) is 88.1 Å². The van der Waals surface area contributed by atoms with Gasteiger partial charge in [0.2, 0.25) is 0 Å². The van der Waals surface area contributed by atoms with Crippen LogP contribution >= 0.6 is 0 Å². The van der Waals surface area contributed by atoms with E-state index < -0.39 is 29.2 Å². The maximum atomic E-state index is 11.9. The highest BCUT2D eigenvalue weighted by Crippen LogP contribution is 2.21. The fourth-order valence-corrected chi connectivity index (χ4v) is 2.29. The predicted octanol–water partition coefficient (Wildman–Crippen LogP) is 1.08. The maximum Gasteiger partial charge on any atom is 0.408 e. The van der Waals surface area contributed by atoms with Crippen LogP contribution in [0.1, 0.15) is 34.6 Å². The zero-order valence-corrected chi connectivity index (χ0v) is 13.4. The fraction of sp³-hybridized carbons (Fsp3) is 0.857. The third kappa shape index (κ3) is 5.17. The molecule has 1 aliphatic heterocycles. The monoisotopic (exact) mass is 302 g/mol. The molecule has 1 unspecified atom stereocenters. The Kier molecular flexibility index (Phi) is 5.58. The summed E-state index contributed by atoms with van der Waals surface area (Å²) in [5.41, 5.74) is -1.41. The number of carbonyl (C=O) groups excluding carboxylic acids is 1. The second-order valence-electron chi connectivity index (χ2n) is 6.67. The number of nitrogens with zero attached hydrogens (tertiary/aromatic N) is 1. The highest BCUT2D eigenvalue weighted by atomic mass is 16.6. The summed E-state index contributed by atoms with van der Waals surface area (Å²) in [5.74, 6) is -1.09. The minimum atomic E-state index is -1.09. The van der Waals surface area contributed by atoms with Gasteiger partial charge in [-0.1, -0.05) is 0 Å². The van der Waals surface area contributed by atoms with Crippen molar-refractivity contribution in [2.45, 2.75) is 51.8 Å². The first-order valence-corrected chi connectivity index (χ1v) is 7.09. The van der Waals surface area contributed by atoms with Gasteiger partial charge in [-0.05, 0) is 34.6 Å². The van der Waals surface area contributed by atoms with E-state index in [0.717, 1.165) is 0 Å². The number of carboxylic acid groups (broad SMARTS) is 1. The second-order valence-corrected chi connectivity index (χ2v) is 6.67. The normalized spacial score (nSPS) is 18.9. The number of alkyl carbamates (subject to hydrolysis) is 1. The van der Waals surface area contributed by atoms with E-state index in [9.17, 15) is 14.7 Å². The van der Waals surface area contributed by atoms with Crippen LogP contribution < -0.4 is 5.32 Å². The molecule has 0 bridgehead atoms. The number of carbonyl (C=O) groups is 2. The van der Waals surface area contributed by atoms with Gasteiger partial charge in [0.05, 0.1) is 13.2 Å². The van der Waals surface area contributed by atoms with E-state index in [2.05, 4.69) is 5.32 Å². The van der Waals surface area contributed by atoms with E-state index >= 15 is 0 Å². The second kappa shape index (κ2) is 6.62. The number of carboxylic acids is 1. The van der Waals surface area contributed by atoms with Crippen molar-refractivity contribution in [3.05, 3.63) is 0 Å². The Bertz CT molecular complexity index is 383. The number of hydrogen-bond acceptors (Lipinski definition) is 5. The number of rotatable bonds is 4. The molecule has 1 atom stereocenters. The molecule has 0 saturated carbocycles. The number of aliphatic carboxylic acids is 1. The molecule has 0 radical (unpaired) electrons. The average Bonchev–Trinajstić information content (AvgIpc) is 2.34. The summed E-state index contributed by atoms with van der Waals surface area (Å²) in [7, 11) is 0. The largest absolute Gasteiger partial charge is 0.480 e. The van der Waals surface area contributed by atoms with Gasteiger partial charge in [0.25, 0.3) is 0 Å². The summed E-state index contributed by atoms with van der Waals surface area (Å²) in [6, 6.07) is -1.06. The molecule has 0 aromatic heterocycles. The predicted molar refractivity (Wildman–Crippen MR) is 77.3 cm³/mol. The molecule has 21 heavy (non-hydrogen) atoms. The van der Waals surface area contributed by atoms with Gasteiger partial charge in [0, 0.05) is 18.6 Å². The Hall–Kier alpha value is -1.34. The van der Waals surface area contributed by atoms with Crippen LogP contribution in [0, 0.1) is 0 Å². The van der Waals surface area contributed by atoms with Crippen LogP contribution in [0.15, 0.2) is 0 Å². The lowest BCUT2D eigenvalue weighted by Gasteiger charge is -2.44. The number of morpholine rings is 1. The average molecular weight is 302 g/mol. The molecular weight excluding hydrogens is 276 g/mol. The zero-order valence-electron chi connectivity index (χ0n) is 13.4. The van der Waals surface area contributed by atoms with E-state index in [4.69, 9.17) is 9.47 Å². The highest BCUT2D eigenvalue weighted by molar-refractivity contribution is 5.81. The van der Waals surface area contributed by atoms with Crippen molar-refractivity contribution in [3.63, 3.8) is 0 Å². The van der Waals surface area contributed by atoms with Gasteiger partial charge in [-0.15, -0.1) is 0 Å². The van der Waals surface area contributed by atoms with Crippen LogP contribution in [0.5, 0.6) is 0 Å². The first-order valence-electron chi connectivity index (χ1n) is 7.09. The van der Waals surface area contributed by atoms with Gasteiger partial charge in [-0.25, -0.2) is 9.59 Å². The van der Waals surface area contributed by atoms with Gasteiger partial charge in [0.1, 0.15) is 11.6 Å². The first-order chi connectivity index (χ1) is 9.54. The van der Waals surface area contributed by atoms with Crippen LogP contribution in [0.3, 0.4) is 0 Å². The summed E-state index contributed by atoms with van der Waals surface area (Å²) in [5, 5.41) is 11.9. The molecule has 0 spiro atoms. The molecule has 1 amide bonds. The minimum absolute atomic E-state index is 0.558. The smallest absolute Gasteiger partial charge is 0.408 e. The van der Waals surface area contributed by atoms with E-state index in [-0.39, 0.29) is 0 Å². The highest BCUT2D eigenvalue weighted by Gasteiger charge is 2.42. The van der Waals surface area contributed by atoms with Crippen molar-refractivity contribution in [2.75, 3.05) is 26.3 Å². The molecular formula is C14H26N2O5. The van der Waals surface area contributed by atoms with Crippen molar-refractivity contribution in [1.82, 2.24) is 10.2 Å². The Labute approximate surface area is 125 Å². The molecule has 122 valence electrons. The van der Waals surface area contributed by atoms with E-state index in [0.29, 0.717) is 26.3 Å². The third-order valence-corrected chi connectivity index (χ3v) is 3.44. The molecule has 1 heterocycles. The molecule has 0 aromatic rings. The summed E-state index contributed by atoms with van der Waals surface area (Å²) in [6.45, 7) is 11.2. The van der Waals surface area contributed by atoms with Gasteiger partial charge in [-0.3, -0.25) is 4.90 Å². The first kappa shape index (κ1) is 17.7. The third-order valence-electron chi connectivity index (χ3n) is 3.44. The number of nitrogens with one attached hydrogen (secondary N) is 1. The quantitative estimate of drug-likeness (QED) is 0.808. The van der Waals surface area contributed by atoms with E-state index in [1.54, 1.807) is 34.6 Å². The standard InChI is InChI=1S/C14H26N2O5/c1-13(2,3)21-12(19)15-10(11(17)18)14(4,5)16-6-8-20-9-7-16/h10H,6-9H2,1-5H3,(H,15,19)(H,17,18). The summed E-state index contributed by atoms with van der Waals surface area (Å²) >= 11 is 0. The van der Waals surface area contributed by atoms with Gasteiger partial charge < -0.3 is 19.9 Å². The molecule has 0 aliphatic carbocycles. The SMILES string of the molecule is CC(C)(C)OC(=O)NC(C(=O)O)C(C)(C)N1CCOCC1. The molecule has 1 fully saturated rings. The van der Waals surface area contributed by atoms with Crippen molar-refractivity contribution in [1.29, 1.82) is 0 Å². The van der Waals surface area contributed by atoms with Crippen LogP contribution in [0.4, 0.5) is 4.79 Å². The summed E-state index contributed by atoms with van der Waals surface area (Å²) < 4.78 is 10.4. The van der Waals surface area contributed by atoms with Crippen LogP contribution in [0.2, 0.25) is 0 Å². The maximum absolute atomic E-state index is 11.9. The number of hydrogen-bond donors (Lipinski definition) is 2. The lowest BCUT2D eigenvalue weighted by atomic mass is 9.92. The van der Waals surface area contributed by atoms with Crippen molar-refractivity contribution >= 4 is 12.1 Å². The molecule has 1 rings (SSSR count). The Morgan fingerprint density at radius 1 is 1.19 bits per heavy atom. The van der Waals surface area contributed by atoms with Gasteiger partial charge in [-0.2, -0.15) is 0 Å². The zero-order chi connectivity index (χ0) is 16.3. The minimum Gasteiger partial charge on any atom is -0.480 e. The van der Waals surface area contributed by atoms with Gasteiger partial charge in [0.15, 0.2) is 0 Å². The number of ether oxygens (including phenoxy) is 2. The molecule has 1 aliphatic rings. The van der Waals surface area contributed by atoms with Crippen molar-refractivity contribution in [3.8, 4) is 0 Å². The van der Waals surface area contributed by atoms with E-state index in [1.807, 2.05) is 4.90 Å². The number of amides is 1. The lowest BCUT2D eigenvalue weighted by molar-refractivity contribution is -0.144.